The van der Waals surface area contributed by atoms with Gasteiger partial charge in [-0.25, -0.2) is 4.79 Å². The quantitative estimate of drug-likeness (QED) is 0.509. The van der Waals surface area contributed by atoms with E-state index >= 15 is 0 Å². The molecule has 1 atom stereocenters. The lowest BCUT2D eigenvalue weighted by Crippen LogP contribution is -2.14. The van der Waals surface area contributed by atoms with Crippen molar-refractivity contribution < 1.29 is 14.3 Å². The first-order valence-corrected chi connectivity index (χ1v) is 10.2. The number of carbonyl (C=O) groups excluding carboxylic acids is 2. The Morgan fingerprint density at radius 1 is 1.19 bits per heavy atom. The molecule has 0 radical (unpaired) electrons. The summed E-state index contributed by atoms with van der Waals surface area (Å²) in [5.74, 6) is -1.39. The first kappa shape index (κ1) is 22.1. The summed E-state index contributed by atoms with van der Waals surface area (Å²) in [6.07, 6.45) is 0. The molecule has 2 N–H and O–H groups in total. The second kappa shape index (κ2) is 9.50. The van der Waals surface area contributed by atoms with Gasteiger partial charge < -0.3 is 15.0 Å². The number of ether oxygens (including phenoxy) is 1. The molecule has 0 fully saturated rings. The maximum Gasteiger partial charge on any atom is 0.340 e. The van der Waals surface area contributed by atoms with Crippen LogP contribution < -0.4 is 5.32 Å². The Balaban J connectivity index is 1.84. The summed E-state index contributed by atoms with van der Waals surface area (Å²) < 4.78 is 5.06. The Labute approximate surface area is 185 Å². The molecule has 1 heterocycles. The third-order valence-corrected chi connectivity index (χ3v) is 5.30. The van der Waals surface area contributed by atoms with Crippen molar-refractivity contribution in [3.8, 4) is 6.07 Å². The van der Waals surface area contributed by atoms with E-state index in [0.29, 0.717) is 33.1 Å². The number of aryl methyl sites for hydroxylation is 1. The number of anilines is 1. The number of esters is 1. The predicted molar refractivity (Wildman–Crippen MR) is 120 cm³/mol. The van der Waals surface area contributed by atoms with Gasteiger partial charge in [0, 0.05) is 16.4 Å². The number of benzene rings is 2. The fourth-order valence-electron chi connectivity index (χ4n) is 3.49. The molecule has 31 heavy (non-hydrogen) atoms. The van der Waals surface area contributed by atoms with E-state index in [-0.39, 0.29) is 12.3 Å². The van der Waals surface area contributed by atoms with Crippen LogP contribution in [-0.4, -0.2) is 23.5 Å². The second-order valence-corrected chi connectivity index (χ2v) is 7.42. The molecule has 0 aliphatic heterocycles. The summed E-state index contributed by atoms with van der Waals surface area (Å²) in [4.78, 5) is 27.9. The van der Waals surface area contributed by atoms with E-state index in [1.165, 1.54) is 0 Å². The molecule has 1 amide bonds. The molecule has 3 rings (SSSR count). The predicted octanol–water partition coefficient (Wildman–Crippen LogP) is 5.37. The summed E-state index contributed by atoms with van der Waals surface area (Å²) in [5.41, 5.74) is 3.70. The molecule has 158 valence electrons. The molecule has 0 aliphatic carbocycles. The van der Waals surface area contributed by atoms with Crippen LogP contribution in [0.4, 0.5) is 5.69 Å². The van der Waals surface area contributed by atoms with Crippen molar-refractivity contribution in [2.45, 2.75) is 26.7 Å². The van der Waals surface area contributed by atoms with Crippen LogP contribution in [0.15, 0.2) is 48.5 Å². The van der Waals surface area contributed by atoms with Crippen molar-refractivity contribution in [2.75, 3.05) is 11.9 Å². The third kappa shape index (κ3) is 4.62. The number of nitrogens with one attached hydrogen (secondary N) is 2. The summed E-state index contributed by atoms with van der Waals surface area (Å²) in [6.45, 7) is 5.39. The largest absolute Gasteiger partial charge is 0.462 e. The number of hydrogen-bond donors (Lipinski definition) is 2. The molecule has 0 saturated carbocycles. The van der Waals surface area contributed by atoms with Gasteiger partial charge in [-0.1, -0.05) is 48.0 Å². The number of aromatic amines is 1. The van der Waals surface area contributed by atoms with Crippen LogP contribution in [0, 0.1) is 25.2 Å². The molecule has 0 bridgehead atoms. The maximum atomic E-state index is 12.8. The van der Waals surface area contributed by atoms with Crippen LogP contribution in [0.2, 0.25) is 5.02 Å². The molecule has 7 heteroatoms. The van der Waals surface area contributed by atoms with Crippen LogP contribution in [0.1, 0.15) is 56.1 Å². The van der Waals surface area contributed by atoms with Crippen molar-refractivity contribution in [1.82, 2.24) is 4.98 Å². The van der Waals surface area contributed by atoms with E-state index in [9.17, 15) is 14.9 Å². The minimum absolute atomic E-state index is 0.252. The lowest BCUT2D eigenvalue weighted by atomic mass is 9.92. The molecule has 6 nitrogen and oxygen atoms in total. The van der Waals surface area contributed by atoms with Gasteiger partial charge in [0.2, 0.25) is 0 Å². The standard InChI is InChI=1S/C24H22ClN3O3/c1-4-31-24(30)21-14(2)22(27-15(21)3)23(29)28-17-10-11-18(20(25)12-17)19(13-26)16-8-6-5-7-9-16/h5-12,19,27H,4H2,1-3H3,(H,28,29). The fraction of sp³-hybridized carbons (Fsp3) is 0.208. The Morgan fingerprint density at radius 2 is 1.90 bits per heavy atom. The number of nitriles is 1. The molecule has 1 aromatic heterocycles. The zero-order chi connectivity index (χ0) is 22.5. The van der Waals surface area contributed by atoms with E-state index in [2.05, 4.69) is 16.4 Å². The summed E-state index contributed by atoms with van der Waals surface area (Å²) in [6, 6.07) is 16.7. The number of aromatic nitrogens is 1. The molecular weight excluding hydrogens is 414 g/mol. The lowest BCUT2D eigenvalue weighted by molar-refractivity contribution is 0.0525. The number of amides is 1. The number of nitrogens with zero attached hydrogens (tertiary/aromatic N) is 1. The topological polar surface area (TPSA) is 95.0 Å². The molecule has 0 saturated heterocycles. The van der Waals surface area contributed by atoms with Crippen LogP contribution in [0.25, 0.3) is 0 Å². The highest BCUT2D eigenvalue weighted by atomic mass is 35.5. The van der Waals surface area contributed by atoms with Crippen LogP contribution in [0.3, 0.4) is 0 Å². The van der Waals surface area contributed by atoms with Crippen LogP contribution >= 0.6 is 11.6 Å². The van der Waals surface area contributed by atoms with Crippen molar-refractivity contribution in [3.05, 3.63) is 87.2 Å². The van der Waals surface area contributed by atoms with Gasteiger partial charge in [0.1, 0.15) is 5.69 Å². The van der Waals surface area contributed by atoms with Crippen molar-refractivity contribution in [1.29, 1.82) is 5.26 Å². The summed E-state index contributed by atoms with van der Waals surface area (Å²) in [7, 11) is 0. The first-order valence-electron chi connectivity index (χ1n) is 9.79. The highest BCUT2D eigenvalue weighted by Gasteiger charge is 2.23. The highest BCUT2D eigenvalue weighted by Crippen LogP contribution is 2.32. The Kier molecular flexibility index (Phi) is 6.78. The Morgan fingerprint density at radius 3 is 2.52 bits per heavy atom. The number of H-pyrrole nitrogens is 1. The summed E-state index contributed by atoms with van der Waals surface area (Å²) >= 11 is 6.45. The third-order valence-electron chi connectivity index (χ3n) is 4.98. The van der Waals surface area contributed by atoms with Crippen molar-refractivity contribution >= 4 is 29.2 Å². The monoisotopic (exact) mass is 435 g/mol. The zero-order valence-corrected chi connectivity index (χ0v) is 18.2. The number of hydrogen-bond acceptors (Lipinski definition) is 4. The van der Waals surface area contributed by atoms with Gasteiger partial charge in [0.25, 0.3) is 5.91 Å². The Bertz CT molecular complexity index is 1160. The van der Waals surface area contributed by atoms with Gasteiger partial charge in [-0.3, -0.25) is 4.79 Å². The molecule has 0 aliphatic rings. The zero-order valence-electron chi connectivity index (χ0n) is 17.5. The Hall–Kier alpha value is -3.56. The lowest BCUT2D eigenvalue weighted by Gasteiger charge is -2.13. The first-order chi connectivity index (χ1) is 14.9. The van der Waals surface area contributed by atoms with Crippen molar-refractivity contribution in [3.63, 3.8) is 0 Å². The van der Waals surface area contributed by atoms with E-state index in [1.807, 2.05) is 30.3 Å². The van der Waals surface area contributed by atoms with E-state index in [1.54, 1.807) is 39.0 Å². The van der Waals surface area contributed by atoms with E-state index in [4.69, 9.17) is 16.3 Å². The molecule has 2 aromatic carbocycles. The van der Waals surface area contributed by atoms with Gasteiger partial charge in [-0.15, -0.1) is 0 Å². The fourth-order valence-corrected chi connectivity index (χ4v) is 3.78. The molecular formula is C24H22ClN3O3. The molecule has 0 spiro atoms. The molecule has 3 aromatic rings. The van der Waals surface area contributed by atoms with Gasteiger partial charge in [0.15, 0.2) is 0 Å². The van der Waals surface area contributed by atoms with Crippen molar-refractivity contribution in [2.24, 2.45) is 0 Å². The number of carbonyl (C=O) groups is 2. The SMILES string of the molecule is CCOC(=O)c1c(C)[nH]c(C(=O)Nc2ccc(C(C#N)c3ccccc3)c(Cl)c2)c1C. The number of halogens is 1. The smallest absolute Gasteiger partial charge is 0.340 e. The van der Waals surface area contributed by atoms with Gasteiger partial charge in [-0.2, -0.15) is 5.26 Å². The van der Waals surface area contributed by atoms with Gasteiger partial charge in [0.05, 0.1) is 24.2 Å². The highest BCUT2D eigenvalue weighted by molar-refractivity contribution is 6.32. The minimum Gasteiger partial charge on any atom is -0.462 e. The summed E-state index contributed by atoms with van der Waals surface area (Å²) in [5, 5.41) is 12.8. The van der Waals surface area contributed by atoms with E-state index < -0.39 is 17.8 Å². The minimum atomic E-state index is -0.515. The number of rotatable bonds is 6. The van der Waals surface area contributed by atoms with Gasteiger partial charge in [-0.05, 0) is 49.6 Å². The van der Waals surface area contributed by atoms with Crippen LogP contribution in [-0.2, 0) is 4.74 Å². The van der Waals surface area contributed by atoms with Gasteiger partial charge >= 0.3 is 5.97 Å². The average Bonchev–Trinajstić information content (AvgIpc) is 3.05. The van der Waals surface area contributed by atoms with Crippen LogP contribution in [0.5, 0.6) is 0 Å². The van der Waals surface area contributed by atoms with E-state index in [0.717, 1.165) is 5.56 Å². The second-order valence-electron chi connectivity index (χ2n) is 7.01. The normalized spacial score (nSPS) is 11.5. The molecule has 1 unspecified atom stereocenters. The maximum absolute atomic E-state index is 12.8. The average molecular weight is 436 g/mol.